The number of hydrogen-bond acceptors (Lipinski definition) is 3. The molecule has 0 aliphatic heterocycles. The number of benzene rings is 2. The Kier molecular flexibility index (Phi) is 4.63. The van der Waals surface area contributed by atoms with Gasteiger partial charge in [-0.1, -0.05) is 18.2 Å². The van der Waals surface area contributed by atoms with Gasteiger partial charge in [-0.15, -0.1) is 0 Å². The van der Waals surface area contributed by atoms with Gasteiger partial charge >= 0.3 is 0 Å². The first-order valence-electron chi connectivity index (χ1n) is 6.87. The third-order valence-corrected chi connectivity index (χ3v) is 3.69. The molecule has 0 unspecified atom stereocenters. The molecule has 0 heterocycles. The average Bonchev–Trinajstić information content (AvgIpc) is 2.50. The van der Waals surface area contributed by atoms with Crippen LogP contribution >= 0.6 is 0 Å². The van der Waals surface area contributed by atoms with Gasteiger partial charge in [-0.05, 0) is 48.7 Å². The van der Waals surface area contributed by atoms with Crippen molar-refractivity contribution in [2.24, 2.45) is 0 Å². The molecule has 0 aliphatic rings. The van der Waals surface area contributed by atoms with E-state index in [2.05, 4.69) is 0 Å². The highest BCUT2D eigenvalue weighted by atomic mass is 16.5. The van der Waals surface area contributed by atoms with Crippen molar-refractivity contribution in [3.63, 3.8) is 0 Å². The van der Waals surface area contributed by atoms with Crippen LogP contribution in [0.4, 0.5) is 0 Å². The van der Waals surface area contributed by atoms with E-state index in [1.807, 2.05) is 32.0 Å². The summed E-state index contributed by atoms with van der Waals surface area (Å²) >= 11 is 0. The molecule has 3 heteroatoms. The van der Waals surface area contributed by atoms with E-state index in [0.717, 1.165) is 16.7 Å². The Hall–Kier alpha value is -2.29. The van der Waals surface area contributed by atoms with Gasteiger partial charge in [-0.2, -0.15) is 0 Å². The molecule has 0 radical (unpaired) electrons. The Morgan fingerprint density at radius 1 is 0.952 bits per heavy atom. The first kappa shape index (κ1) is 15.1. The van der Waals surface area contributed by atoms with Crippen molar-refractivity contribution < 1.29 is 14.3 Å². The van der Waals surface area contributed by atoms with Crippen LogP contribution in [0, 0.1) is 13.8 Å². The van der Waals surface area contributed by atoms with Crippen LogP contribution in [0.15, 0.2) is 36.4 Å². The van der Waals surface area contributed by atoms with Gasteiger partial charge in [0.05, 0.1) is 14.2 Å². The molecule has 0 saturated carbocycles. The zero-order valence-corrected chi connectivity index (χ0v) is 12.9. The number of carbonyl (C=O) groups excluding carboxylic acids is 1. The van der Waals surface area contributed by atoms with E-state index in [1.165, 1.54) is 0 Å². The van der Waals surface area contributed by atoms with Crippen LogP contribution in [0.25, 0.3) is 0 Å². The van der Waals surface area contributed by atoms with Crippen LogP contribution in [0.5, 0.6) is 11.5 Å². The van der Waals surface area contributed by atoms with Crippen LogP contribution in [0.2, 0.25) is 0 Å². The topological polar surface area (TPSA) is 35.5 Å². The van der Waals surface area contributed by atoms with Crippen molar-refractivity contribution in [1.82, 2.24) is 0 Å². The van der Waals surface area contributed by atoms with Gasteiger partial charge in [-0.3, -0.25) is 4.79 Å². The summed E-state index contributed by atoms with van der Waals surface area (Å²) in [5.74, 6) is 1.28. The molecule has 3 nitrogen and oxygen atoms in total. The molecular formula is C18H20O3. The summed E-state index contributed by atoms with van der Waals surface area (Å²) in [4.78, 5) is 12.5. The van der Waals surface area contributed by atoms with Gasteiger partial charge < -0.3 is 9.47 Å². The second kappa shape index (κ2) is 6.44. The zero-order chi connectivity index (χ0) is 15.4. The van der Waals surface area contributed by atoms with E-state index < -0.39 is 0 Å². The van der Waals surface area contributed by atoms with E-state index in [9.17, 15) is 4.79 Å². The van der Waals surface area contributed by atoms with Gasteiger partial charge in [0.2, 0.25) is 0 Å². The minimum absolute atomic E-state index is 0.0772. The summed E-state index contributed by atoms with van der Waals surface area (Å²) in [6, 6.07) is 11.3. The first-order chi connectivity index (χ1) is 10.1. The summed E-state index contributed by atoms with van der Waals surface area (Å²) in [5, 5.41) is 0. The van der Waals surface area contributed by atoms with Crippen LogP contribution in [0.3, 0.4) is 0 Å². The first-order valence-corrected chi connectivity index (χ1v) is 6.87. The molecule has 0 atom stereocenters. The van der Waals surface area contributed by atoms with Crippen LogP contribution in [0.1, 0.15) is 27.0 Å². The Labute approximate surface area is 125 Å². The molecule has 21 heavy (non-hydrogen) atoms. The molecule has 0 aromatic heterocycles. The van der Waals surface area contributed by atoms with Crippen molar-refractivity contribution in [1.29, 1.82) is 0 Å². The highest BCUT2D eigenvalue weighted by Crippen LogP contribution is 2.28. The number of aryl methyl sites for hydroxylation is 2. The van der Waals surface area contributed by atoms with E-state index in [0.29, 0.717) is 23.5 Å². The predicted octanol–water partition coefficient (Wildman–Crippen LogP) is 3.75. The maximum Gasteiger partial charge on any atom is 0.167 e. The number of rotatable bonds is 5. The largest absolute Gasteiger partial charge is 0.493 e. The number of carbonyl (C=O) groups is 1. The lowest BCUT2D eigenvalue weighted by atomic mass is 9.95. The van der Waals surface area contributed by atoms with Gasteiger partial charge in [0.1, 0.15) is 0 Å². The fourth-order valence-electron chi connectivity index (χ4n) is 2.40. The maximum absolute atomic E-state index is 12.5. The number of methoxy groups -OCH3 is 2. The number of Topliss-reactive ketones (excluding diaryl/α,β-unsaturated/α-hetero) is 1. The standard InChI is InChI=1S/C18H20O3/c1-12-6-5-7-13(2)15(12)11-16(19)14-8-9-17(20-3)18(10-14)21-4/h5-10H,11H2,1-4H3. The molecule has 0 saturated heterocycles. The molecule has 110 valence electrons. The zero-order valence-electron chi connectivity index (χ0n) is 12.9. The number of hydrogen-bond donors (Lipinski definition) is 0. The molecule has 0 amide bonds. The Balaban J connectivity index is 2.29. The van der Waals surface area contributed by atoms with Crippen LogP contribution in [-0.2, 0) is 6.42 Å². The van der Waals surface area contributed by atoms with Gasteiger partial charge in [0.15, 0.2) is 17.3 Å². The second-order valence-electron chi connectivity index (χ2n) is 5.04. The highest BCUT2D eigenvalue weighted by Gasteiger charge is 2.13. The molecule has 0 aliphatic carbocycles. The van der Waals surface area contributed by atoms with Crippen molar-refractivity contribution in [3.8, 4) is 11.5 Å². The number of ether oxygens (including phenoxy) is 2. The van der Waals surface area contributed by atoms with Crippen molar-refractivity contribution in [2.75, 3.05) is 14.2 Å². The summed E-state index contributed by atoms with van der Waals surface area (Å²) in [6.07, 6.45) is 0.397. The van der Waals surface area contributed by atoms with E-state index in [-0.39, 0.29) is 5.78 Å². The quantitative estimate of drug-likeness (QED) is 0.784. The second-order valence-corrected chi connectivity index (χ2v) is 5.04. The minimum atomic E-state index is 0.0772. The lowest BCUT2D eigenvalue weighted by Crippen LogP contribution is -2.07. The fraction of sp³-hybridized carbons (Fsp3) is 0.278. The molecular weight excluding hydrogens is 264 g/mol. The average molecular weight is 284 g/mol. The van der Waals surface area contributed by atoms with Crippen molar-refractivity contribution in [3.05, 3.63) is 58.7 Å². The van der Waals surface area contributed by atoms with E-state index in [1.54, 1.807) is 32.4 Å². The summed E-state index contributed by atoms with van der Waals surface area (Å²) in [5.41, 5.74) is 4.01. The van der Waals surface area contributed by atoms with E-state index >= 15 is 0 Å². The predicted molar refractivity (Wildman–Crippen MR) is 83.5 cm³/mol. The monoisotopic (exact) mass is 284 g/mol. The molecule has 2 aromatic rings. The number of ketones is 1. The molecule has 0 spiro atoms. The molecule has 0 fully saturated rings. The van der Waals surface area contributed by atoms with Gasteiger partial charge in [0, 0.05) is 12.0 Å². The van der Waals surface area contributed by atoms with E-state index in [4.69, 9.17) is 9.47 Å². The third kappa shape index (κ3) is 3.24. The van der Waals surface area contributed by atoms with Gasteiger partial charge in [-0.25, -0.2) is 0 Å². The Morgan fingerprint density at radius 3 is 2.14 bits per heavy atom. The van der Waals surface area contributed by atoms with Gasteiger partial charge in [0.25, 0.3) is 0 Å². The minimum Gasteiger partial charge on any atom is -0.493 e. The third-order valence-electron chi connectivity index (χ3n) is 3.69. The Bertz CT molecular complexity index is 639. The maximum atomic E-state index is 12.5. The molecule has 0 N–H and O–H groups in total. The highest BCUT2D eigenvalue weighted by molar-refractivity contribution is 5.98. The summed E-state index contributed by atoms with van der Waals surface area (Å²) in [7, 11) is 3.15. The smallest absolute Gasteiger partial charge is 0.167 e. The van der Waals surface area contributed by atoms with Crippen molar-refractivity contribution >= 4 is 5.78 Å². The summed E-state index contributed by atoms with van der Waals surface area (Å²) < 4.78 is 10.4. The molecule has 2 rings (SSSR count). The van der Waals surface area contributed by atoms with Crippen LogP contribution < -0.4 is 9.47 Å². The lowest BCUT2D eigenvalue weighted by Gasteiger charge is -2.11. The molecule has 0 bridgehead atoms. The Morgan fingerprint density at radius 2 is 1.57 bits per heavy atom. The van der Waals surface area contributed by atoms with Crippen LogP contribution in [-0.4, -0.2) is 20.0 Å². The fourth-order valence-corrected chi connectivity index (χ4v) is 2.40. The normalized spacial score (nSPS) is 10.3. The van der Waals surface area contributed by atoms with Crippen molar-refractivity contribution in [2.45, 2.75) is 20.3 Å². The summed E-state index contributed by atoms with van der Waals surface area (Å²) in [6.45, 7) is 4.06. The lowest BCUT2D eigenvalue weighted by molar-refractivity contribution is 0.0992. The molecule has 2 aromatic carbocycles. The SMILES string of the molecule is COc1ccc(C(=O)Cc2c(C)cccc2C)cc1OC.